The summed E-state index contributed by atoms with van der Waals surface area (Å²) in [5.74, 6) is 0.0206. The van der Waals surface area contributed by atoms with Crippen LogP contribution in [0.25, 0.3) is 0 Å². The number of nitrogens with one attached hydrogen (secondary N) is 1. The van der Waals surface area contributed by atoms with Gasteiger partial charge in [-0.25, -0.2) is 8.42 Å². The smallest absolute Gasteiger partial charge is 0.232 e. The third-order valence-electron chi connectivity index (χ3n) is 1.90. The van der Waals surface area contributed by atoms with Crippen molar-refractivity contribution < 1.29 is 8.42 Å². The number of hydrogen-bond donors (Lipinski definition) is 2. The molecule has 0 aromatic heterocycles. The first-order valence-electron chi connectivity index (χ1n) is 4.42. The number of rotatable bonds is 3. The van der Waals surface area contributed by atoms with Gasteiger partial charge in [-0.3, -0.25) is 4.72 Å². The summed E-state index contributed by atoms with van der Waals surface area (Å²) >= 11 is 3.27. The molecular weight excluding hydrogens is 280 g/mol. The summed E-state index contributed by atoms with van der Waals surface area (Å²) in [4.78, 5) is 0. The fourth-order valence-electron chi connectivity index (χ4n) is 1.10. The van der Waals surface area contributed by atoms with Crippen LogP contribution in [0.1, 0.15) is 12.5 Å². The highest BCUT2D eigenvalue weighted by molar-refractivity contribution is 9.10. The van der Waals surface area contributed by atoms with Gasteiger partial charge in [0, 0.05) is 4.47 Å². The van der Waals surface area contributed by atoms with Crippen molar-refractivity contribution in [3.8, 4) is 0 Å². The number of nitrogen functional groups attached to an aromatic ring is 1. The largest absolute Gasteiger partial charge is 0.397 e. The first kappa shape index (κ1) is 12.3. The topological polar surface area (TPSA) is 72.2 Å². The second-order valence-electron chi connectivity index (χ2n) is 3.22. The molecule has 1 aromatic rings. The van der Waals surface area contributed by atoms with E-state index in [0.29, 0.717) is 15.8 Å². The molecule has 4 nitrogen and oxygen atoms in total. The van der Waals surface area contributed by atoms with Crippen LogP contribution >= 0.6 is 15.9 Å². The Bertz CT molecular complexity index is 448. The van der Waals surface area contributed by atoms with Crippen LogP contribution in [0.3, 0.4) is 0 Å². The summed E-state index contributed by atoms with van der Waals surface area (Å²) < 4.78 is 25.8. The minimum Gasteiger partial charge on any atom is -0.397 e. The average Bonchev–Trinajstić information content (AvgIpc) is 2.11. The van der Waals surface area contributed by atoms with Crippen LogP contribution in [0, 0.1) is 6.92 Å². The summed E-state index contributed by atoms with van der Waals surface area (Å²) in [6.45, 7) is 3.46. The van der Waals surface area contributed by atoms with Crippen LogP contribution in [-0.2, 0) is 10.0 Å². The van der Waals surface area contributed by atoms with E-state index in [4.69, 9.17) is 5.73 Å². The standard InChI is InChI=1S/C9H13BrN2O2S/c1-3-15(13,14)12-9-7(10)4-6(2)5-8(9)11/h4-5,12H,3,11H2,1-2H3. The quantitative estimate of drug-likeness (QED) is 0.838. The van der Waals surface area contributed by atoms with Crippen molar-refractivity contribution in [2.45, 2.75) is 13.8 Å². The van der Waals surface area contributed by atoms with Gasteiger partial charge in [0.25, 0.3) is 0 Å². The highest BCUT2D eigenvalue weighted by atomic mass is 79.9. The van der Waals surface area contributed by atoms with Crippen molar-refractivity contribution in [1.82, 2.24) is 0 Å². The van der Waals surface area contributed by atoms with Gasteiger partial charge in [0.15, 0.2) is 0 Å². The van der Waals surface area contributed by atoms with Crippen molar-refractivity contribution in [1.29, 1.82) is 0 Å². The number of aryl methyl sites for hydroxylation is 1. The molecule has 1 aromatic carbocycles. The van der Waals surface area contributed by atoms with Crippen LogP contribution in [-0.4, -0.2) is 14.2 Å². The monoisotopic (exact) mass is 292 g/mol. The predicted molar refractivity (Wildman–Crippen MR) is 66.4 cm³/mol. The van der Waals surface area contributed by atoms with Gasteiger partial charge in [0.2, 0.25) is 10.0 Å². The minimum absolute atomic E-state index is 0.0206. The average molecular weight is 293 g/mol. The molecule has 3 N–H and O–H groups in total. The molecule has 0 aliphatic heterocycles. The van der Waals surface area contributed by atoms with E-state index < -0.39 is 10.0 Å². The van der Waals surface area contributed by atoms with Crippen LogP contribution in [0.5, 0.6) is 0 Å². The van der Waals surface area contributed by atoms with E-state index >= 15 is 0 Å². The molecule has 84 valence electrons. The number of sulfonamides is 1. The normalized spacial score (nSPS) is 11.4. The molecule has 0 amide bonds. The van der Waals surface area contributed by atoms with Gasteiger partial charge in [-0.1, -0.05) is 0 Å². The van der Waals surface area contributed by atoms with E-state index in [9.17, 15) is 8.42 Å². The Hall–Kier alpha value is -0.750. The van der Waals surface area contributed by atoms with Gasteiger partial charge in [0.05, 0.1) is 17.1 Å². The van der Waals surface area contributed by atoms with Crippen LogP contribution in [0.2, 0.25) is 0 Å². The van der Waals surface area contributed by atoms with E-state index in [1.165, 1.54) is 0 Å². The Morgan fingerprint density at radius 2 is 2.07 bits per heavy atom. The Morgan fingerprint density at radius 1 is 1.47 bits per heavy atom. The molecule has 15 heavy (non-hydrogen) atoms. The Morgan fingerprint density at radius 3 is 2.53 bits per heavy atom. The van der Waals surface area contributed by atoms with Crippen molar-refractivity contribution >= 4 is 37.3 Å². The zero-order valence-electron chi connectivity index (χ0n) is 8.54. The van der Waals surface area contributed by atoms with Gasteiger partial charge >= 0.3 is 0 Å². The zero-order chi connectivity index (χ0) is 11.6. The number of benzene rings is 1. The lowest BCUT2D eigenvalue weighted by Crippen LogP contribution is -2.16. The lowest BCUT2D eigenvalue weighted by Gasteiger charge is -2.11. The van der Waals surface area contributed by atoms with E-state index in [0.717, 1.165) is 5.56 Å². The summed E-state index contributed by atoms with van der Waals surface area (Å²) in [6, 6.07) is 3.53. The molecule has 6 heteroatoms. The van der Waals surface area contributed by atoms with Crippen LogP contribution < -0.4 is 10.5 Å². The lowest BCUT2D eigenvalue weighted by molar-refractivity contribution is 0.602. The van der Waals surface area contributed by atoms with E-state index in [-0.39, 0.29) is 5.75 Å². The second kappa shape index (κ2) is 4.40. The lowest BCUT2D eigenvalue weighted by atomic mass is 10.2. The third kappa shape index (κ3) is 3.10. The molecule has 0 atom stereocenters. The summed E-state index contributed by atoms with van der Waals surface area (Å²) in [5.41, 5.74) is 7.52. The van der Waals surface area contributed by atoms with Crippen molar-refractivity contribution in [2.75, 3.05) is 16.2 Å². The zero-order valence-corrected chi connectivity index (χ0v) is 10.9. The van der Waals surface area contributed by atoms with Crippen molar-refractivity contribution in [3.05, 3.63) is 22.2 Å². The maximum Gasteiger partial charge on any atom is 0.232 e. The molecular formula is C9H13BrN2O2S. The van der Waals surface area contributed by atoms with E-state index in [2.05, 4.69) is 20.7 Å². The molecule has 0 heterocycles. The van der Waals surface area contributed by atoms with Gasteiger partial charge in [0.1, 0.15) is 0 Å². The highest BCUT2D eigenvalue weighted by Gasteiger charge is 2.12. The van der Waals surface area contributed by atoms with E-state index in [1.54, 1.807) is 13.0 Å². The molecule has 0 aliphatic carbocycles. The molecule has 1 rings (SSSR count). The number of anilines is 2. The molecule has 0 radical (unpaired) electrons. The first-order valence-corrected chi connectivity index (χ1v) is 6.86. The van der Waals surface area contributed by atoms with Gasteiger partial charge in [-0.2, -0.15) is 0 Å². The molecule has 0 saturated carbocycles. The summed E-state index contributed by atoms with van der Waals surface area (Å²) in [7, 11) is -3.29. The SMILES string of the molecule is CCS(=O)(=O)Nc1c(N)cc(C)cc1Br. The minimum atomic E-state index is -3.29. The predicted octanol–water partition coefficient (Wildman–Crippen LogP) is 2.10. The second-order valence-corrected chi connectivity index (χ2v) is 6.08. The summed E-state index contributed by atoms with van der Waals surface area (Å²) in [6.07, 6.45) is 0. The maximum atomic E-state index is 11.4. The molecule has 0 aliphatic rings. The van der Waals surface area contributed by atoms with E-state index in [1.807, 2.05) is 13.0 Å². The van der Waals surface area contributed by atoms with Crippen LogP contribution in [0.4, 0.5) is 11.4 Å². The van der Waals surface area contributed by atoms with Gasteiger partial charge < -0.3 is 5.73 Å². The molecule has 0 unspecified atom stereocenters. The fraction of sp³-hybridized carbons (Fsp3) is 0.333. The number of nitrogens with two attached hydrogens (primary N) is 1. The Balaban J connectivity index is 3.17. The van der Waals surface area contributed by atoms with Crippen molar-refractivity contribution in [2.24, 2.45) is 0 Å². The third-order valence-corrected chi connectivity index (χ3v) is 3.80. The van der Waals surface area contributed by atoms with Crippen LogP contribution in [0.15, 0.2) is 16.6 Å². The number of halogens is 1. The Labute approximate surface area is 98.0 Å². The highest BCUT2D eigenvalue weighted by Crippen LogP contribution is 2.30. The number of hydrogen-bond acceptors (Lipinski definition) is 3. The van der Waals surface area contributed by atoms with Gasteiger partial charge in [-0.05, 0) is 47.5 Å². The molecule has 0 fully saturated rings. The summed E-state index contributed by atoms with van der Waals surface area (Å²) in [5, 5.41) is 0. The van der Waals surface area contributed by atoms with Gasteiger partial charge in [-0.15, -0.1) is 0 Å². The van der Waals surface area contributed by atoms with Crippen molar-refractivity contribution in [3.63, 3.8) is 0 Å². The fourth-order valence-corrected chi connectivity index (χ4v) is 2.61. The molecule has 0 spiro atoms. The molecule has 0 bridgehead atoms. The maximum absolute atomic E-state index is 11.4. The molecule has 0 saturated heterocycles. The Kier molecular flexibility index (Phi) is 3.62. The first-order chi connectivity index (χ1) is 6.85.